The lowest BCUT2D eigenvalue weighted by atomic mass is 10.0. The first-order valence-electron chi connectivity index (χ1n) is 5.32. The molecule has 0 atom stereocenters. The van der Waals surface area contributed by atoms with E-state index in [4.69, 9.17) is 4.55 Å². The summed E-state index contributed by atoms with van der Waals surface area (Å²) in [6.07, 6.45) is 0. The van der Waals surface area contributed by atoms with Gasteiger partial charge in [-0.2, -0.15) is 8.42 Å². The fraction of sp³-hybridized carbons (Fsp3) is 0.0769. The van der Waals surface area contributed by atoms with Gasteiger partial charge in [0.15, 0.2) is 0 Å². The molecule has 6 heteroatoms. The molecule has 0 fully saturated rings. The Bertz CT molecular complexity index is 719. The number of halogens is 2. The van der Waals surface area contributed by atoms with E-state index < -0.39 is 21.8 Å². The Labute approximate surface area is 109 Å². The summed E-state index contributed by atoms with van der Waals surface area (Å²) < 4.78 is 57.5. The molecule has 0 unspecified atom stereocenters. The molecule has 0 aliphatic heterocycles. The molecule has 3 nitrogen and oxygen atoms in total. The molecule has 0 spiro atoms. The van der Waals surface area contributed by atoms with Gasteiger partial charge in [-0.3, -0.25) is 4.55 Å². The number of benzene rings is 2. The molecular formula is C13H10F2O3S. The monoisotopic (exact) mass is 284 g/mol. The van der Waals surface area contributed by atoms with E-state index in [1.807, 2.05) is 0 Å². The van der Waals surface area contributed by atoms with Crippen LogP contribution in [0, 0.1) is 18.6 Å². The van der Waals surface area contributed by atoms with Crippen LogP contribution in [0.4, 0.5) is 8.78 Å². The van der Waals surface area contributed by atoms with E-state index in [-0.39, 0.29) is 10.5 Å². The predicted molar refractivity (Wildman–Crippen MR) is 66.3 cm³/mol. The first kappa shape index (κ1) is 13.6. The van der Waals surface area contributed by atoms with Crippen LogP contribution in [0.1, 0.15) is 5.56 Å². The Hall–Kier alpha value is -1.79. The molecule has 0 heterocycles. The van der Waals surface area contributed by atoms with Gasteiger partial charge in [0.25, 0.3) is 10.1 Å². The number of aryl methyl sites for hydroxylation is 1. The zero-order valence-corrected chi connectivity index (χ0v) is 10.7. The summed E-state index contributed by atoms with van der Waals surface area (Å²) in [5, 5.41) is 0. The summed E-state index contributed by atoms with van der Waals surface area (Å²) in [5.74, 6) is -1.52. The van der Waals surface area contributed by atoms with E-state index >= 15 is 0 Å². The van der Waals surface area contributed by atoms with Gasteiger partial charge < -0.3 is 0 Å². The molecule has 0 aliphatic carbocycles. The highest BCUT2D eigenvalue weighted by atomic mass is 32.2. The highest BCUT2D eigenvalue weighted by molar-refractivity contribution is 7.85. The molecule has 0 bridgehead atoms. The second kappa shape index (κ2) is 4.71. The van der Waals surface area contributed by atoms with Crippen LogP contribution in [-0.2, 0) is 10.1 Å². The standard InChI is InChI=1S/C13H10F2O3S/c1-8-2-3-12(19(16,17)18)7-13(8)9-4-10(14)6-11(15)5-9/h2-7H,1H3,(H,16,17,18). The molecule has 0 aliphatic rings. The van der Waals surface area contributed by atoms with E-state index in [1.165, 1.54) is 18.2 Å². The fourth-order valence-electron chi connectivity index (χ4n) is 1.78. The lowest BCUT2D eigenvalue weighted by Gasteiger charge is -2.08. The lowest BCUT2D eigenvalue weighted by molar-refractivity contribution is 0.483. The zero-order valence-electron chi connectivity index (χ0n) is 9.89. The molecule has 19 heavy (non-hydrogen) atoms. The van der Waals surface area contributed by atoms with Crippen molar-refractivity contribution >= 4 is 10.1 Å². The van der Waals surface area contributed by atoms with Crippen LogP contribution in [0.3, 0.4) is 0 Å². The van der Waals surface area contributed by atoms with Crippen molar-refractivity contribution in [3.8, 4) is 11.1 Å². The largest absolute Gasteiger partial charge is 0.294 e. The van der Waals surface area contributed by atoms with Crippen LogP contribution in [0.5, 0.6) is 0 Å². The van der Waals surface area contributed by atoms with Crippen LogP contribution in [0.2, 0.25) is 0 Å². The van der Waals surface area contributed by atoms with Crippen molar-refractivity contribution in [2.45, 2.75) is 11.8 Å². The number of hydrogen-bond donors (Lipinski definition) is 1. The van der Waals surface area contributed by atoms with Gasteiger partial charge in [-0.1, -0.05) is 6.07 Å². The summed E-state index contributed by atoms with van der Waals surface area (Å²) in [6.45, 7) is 1.67. The Morgan fingerprint density at radius 3 is 2.11 bits per heavy atom. The van der Waals surface area contributed by atoms with E-state index in [0.717, 1.165) is 18.2 Å². The second-order valence-electron chi connectivity index (χ2n) is 4.11. The Balaban J connectivity index is 2.68. The van der Waals surface area contributed by atoms with E-state index in [2.05, 4.69) is 0 Å². The third-order valence-corrected chi connectivity index (χ3v) is 3.53. The van der Waals surface area contributed by atoms with Crippen LogP contribution >= 0.6 is 0 Å². The molecule has 2 aromatic rings. The zero-order chi connectivity index (χ0) is 14.2. The van der Waals surface area contributed by atoms with E-state index in [1.54, 1.807) is 6.92 Å². The van der Waals surface area contributed by atoms with Gasteiger partial charge in [0, 0.05) is 6.07 Å². The lowest BCUT2D eigenvalue weighted by Crippen LogP contribution is -1.99. The summed E-state index contributed by atoms with van der Waals surface area (Å²) in [6, 6.07) is 6.79. The third-order valence-electron chi connectivity index (χ3n) is 2.68. The van der Waals surface area contributed by atoms with Gasteiger partial charge in [0.1, 0.15) is 11.6 Å². The molecule has 0 saturated heterocycles. The van der Waals surface area contributed by atoms with Gasteiger partial charge in [0.2, 0.25) is 0 Å². The smallest absolute Gasteiger partial charge is 0.282 e. The molecular weight excluding hydrogens is 274 g/mol. The maximum absolute atomic E-state index is 13.2. The van der Waals surface area contributed by atoms with Crippen LogP contribution in [0.25, 0.3) is 11.1 Å². The minimum Gasteiger partial charge on any atom is -0.282 e. The van der Waals surface area contributed by atoms with Gasteiger partial charge >= 0.3 is 0 Å². The molecule has 2 aromatic carbocycles. The van der Waals surface area contributed by atoms with Gasteiger partial charge in [0.05, 0.1) is 4.90 Å². The summed E-state index contributed by atoms with van der Waals surface area (Å²) in [7, 11) is -4.36. The molecule has 0 aromatic heterocycles. The minimum atomic E-state index is -4.36. The van der Waals surface area contributed by atoms with E-state index in [9.17, 15) is 17.2 Å². The van der Waals surface area contributed by atoms with Crippen LogP contribution < -0.4 is 0 Å². The van der Waals surface area contributed by atoms with Gasteiger partial charge in [-0.15, -0.1) is 0 Å². The molecule has 100 valence electrons. The summed E-state index contributed by atoms with van der Waals surface area (Å²) in [5.41, 5.74) is 1.19. The molecule has 2 rings (SSSR count). The Morgan fingerprint density at radius 2 is 1.58 bits per heavy atom. The first-order chi connectivity index (χ1) is 8.77. The summed E-state index contributed by atoms with van der Waals surface area (Å²) in [4.78, 5) is -0.322. The third kappa shape index (κ3) is 2.97. The first-order valence-corrected chi connectivity index (χ1v) is 6.76. The van der Waals surface area contributed by atoms with Crippen molar-refractivity contribution < 1.29 is 21.8 Å². The van der Waals surface area contributed by atoms with Gasteiger partial charge in [-0.05, 0) is 47.9 Å². The topological polar surface area (TPSA) is 54.4 Å². The van der Waals surface area contributed by atoms with Crippen molar-refractivity contribution in [2.75, 3.05) is 0 Å². The average molecular weight is 284 g/mol. The van der Waals surface area contributed by atoms with Crippen molar-refractivity contribution in [3.63, 3.8) is 0 Å². The number of hydrogen-bond acceptors (Lipinski definition) is 2. The van der Waals surface area contributed by atoms with Crippen LogP contribution in [-0.4, -0.2) is 13.0 Å². The fourth-order valence-corrected chi connectivity index (χ4v) is 2.29. The van der Waals surface area contributed by atoms with Crippen LogP contribution in [0.15, 0.2) is 41.3 Å². The van der Waals surface area contributed by atoms with Crippen molar-refractivity contribution in [1.82, 2.24) is 0 Å². The van der Waals surface area contributed by atoms with Crippen molar-refractivity contribution in [1.29, 1.82) is 0 Å². The Kier molecular flexibility index (Phi) is 3.38. The molecule has 0 radical (unpaired) electrons. The Morgan fingerprint density at radius 1 is 1.00 bits per heavy atom. The molecule has 0 amide bonds. The van der Waals surface area contributed by atoms with Crippen molar-refractivity contribution in [3.05, 3.63) is 53.6 Å². The molecule has 1 N–H and O–H groups in total. The quantitative estimate of drug-likeness (QED) is 0.862. The van der Waals surface area contributed by atoms with E-state index in [0.29, 0.717) is 11.1 Å². The maximum Gasteiger partial charge on any atom is 0.294 e. The second-order valence-corrected chi connectivity index (χ2v) is 5.53. The average Bonchev–Trinajstić information content (AvgIpc) is 2.26. The highest BCUT2D eigenvalue weighted by Crippen LogP contribution is 2.27. The SMILES string of the molecule is Cc1ccc(S(=O)(=O)O)cc1-c1cc(F)cc(F)c1. The summed E-state index contributed by atoms with van der Waals surface area (Å²) >= 11 is 0. The maximum atomic E-state index is 13.2. The molecule has 0 saturated carbocycles. The van der Waals surface area contributed by atoms with Gasteiger partial charge in [-0.25, -0.2) is 8.78 Å². The number of rotatable bonds is 2. The normalized spacial score (nSPS) is 11.6. The predicted octanol–water partition coefficient (Wildman–Crippen LogP) is 3.19. The highest BCUT2D eigenvalue weighted by Gasteiger charge is 2.13. The van der Waals surface area contributed by atoms with Crippen molar-refractivity contribution in [2.24, 2.45) is 0 Å². The minimum absolute atomic E-state index is 0.209.